The highest BCUT2D eigenvalue weighted by Gasteiger charge is 2.24. The molecule has 0 bridgehead atoms. The summed E-state index contributed by atoms with van der Waals surface area (Å²) in [7, 11) is -3.83. The fraction of sp³-hybridized carbons (Fsp3) is 0.0952. The molecule has 0 fully saturated rings. The van der Waals surface area contributed by atoms with Gasteiger partial charge in [0, 0.05) is 17.8 Å². The van der Waals surface area contributed by atoms with Gasteiger partial charge in [0.1, 0.15) is 5.82 Å². The van der Waals surface area contributed by atoms with Gasteiger partial charge in [-0.25, -0.2) is 12.8 Å². The van der Waals surface area contributed by atoms with E-state index < -0.39 is 21.7 Å². The number of amides is 1. The van der Waals surface area contributed by atoms with Crippen LogP contribution in [0.5, 0.6) is 0 Å². The Labute approximate surface area is 163 Å². The lowest BCUT2D eigenvalue weighted by molar-refractivity contribution is 0.102. The van der Waals surface area contributed by atoms with Crippen LogP contribution in [-0.4, -0.2) is 20.9 Å². The first-order chi connectivity index (χ1) is 13.4. The molecule has 1 amide bonds. The van der Waals surface area contributed by atoms with Gasteiger partial charge in [-0.2, -0.15) is 0 Å². The lowest BCUT2D eigenvalue weighted by Gasteiger charge is -2.23. The predicted molar refractivity (Wildman–Crippen MR) is 107 cm³/mol. The number of carbonyl (C=O) groups is 1. The number of para-hydroxylation sites is 1. The Balaban J connectivity index is 1.89. The third kappa shape index (κ3) is 4.20. The molecule has 3 rings (SSSR count). The van der Waals surface area contributed by atoms with E-state index in [9.17, 15) is 17.6 Å². The Bertz CT molecular complexity index is 1070. The topological polar surface area (TPSA) is 66.5 Å². The summed E-state index contributed by atoms with van der Waals surface area (Å²) in [5.74, 6) is -0.891. The highest BCUT2D eigenvalue weighted by molar-refractivity contribution is 7.92. The van der Waals surface area contributed by atoms with E-state index >= 15 is 0 Å². The van der Waals surface area contributed by atoms with Crippen LogP contribution in [0.25, 0.3) is 0 Å². The van der Waals surface area contributed by atoms with Crippen molar-refractivity contribution in [3.63, 3.8) is 0 Å². The second-order valence-corrected chi connectivity index (χ2v) is 7.86. The highest BCUT2D eigenvalue weighted by Crippen LogP contribution is 2.24. The summed E-state index contributed by atoms with van der Waals surface area (Å²) < 4.78 is 40.5. The molecular formula is C21H19FN2O3S. The van der Waals surface area contributed by atoms with Gasteiger partial charge in [-0.15, -0.1) is 0 Å². The molecule has 1 N–H and O–H groups in total. The molecule has 3 aromatic carbocycles. The molecule has 0 heterocycles. The van der Waals surface area contributed by atoms with E-state index in [1.807, 2.05) is 6.07 Å². The van der Waals surface area contributed by atoms with Crippen molar-refractivity contribution in [2.24, 2.45) is 0 Å². The maximum absolute atomic E-state index is 13.1. The number of hydrogen-bond donors (Lipinski definition) is 1. The molecule has 0 spiro atoms. The molecule has 28 heavy (non-hydrogen) atoms. The van der Waals surface area contributed by atoms with Crippen LogP contribution in [0.2, 0.25) is 0 Å². The first kappa shape index (κ1) is 19.6. The summed E-state index contributed by atoms with van der Waals surface area (Å²) in [5.41, 5.74) is 1.15. The average Bonchev–Trinajstić information content (AvgIpc) is 2.71. The van der Waals surface area contributed by atoms with E-state index in [-0.39, 0.29) is 17.0 Å². The second-order valence-electron chi connectivity index (χ2n) is 5.99. The number of carbonyl (C=O) groups excluding carboxylic acids is 1. The monoisotopic (exact) mass is 398 g/mol. The van der Waals surface area contributed by atoms with E-state index in [2.05, 4.69) is 5.32 Å². The van der Waals surface area contributed by atoms with E-state index in [0.29, 0.717) is 11.4 Å². The Morgan fingerprint density at radius 2 is 1.64 bits per heavy atom. The van der Waals surface area contributed by atoms with Gasteiger partial charge in [0.05, 0.1) is 10.6 Å². The molecule has 0 saturated carbocycles. The third-order valence-corrected chi connectivity index (χ3v) is 6.02. The van der Waals surface area contributed by atoms with E-state index in [1.54, 1.807) is 31.2 Å². The van der Waals surface area contributed by atoms with Crippen LogP contribution in [-0.2, 0) is 10.0 Å². The SMILES string of the molecule is CCN(c1ccccc1)S(=O)(=O)c1cccc(C(=O)Nc2ccc(F)cc2)c1. The Hall–Kier alpha value is -3.19. The number of benzene rings is 3. The van der Waals surface area contributed by atoms with Crippen molar-refractivity contribution in [3.05, 3.63) is 90.2 Å². The van der Waals surface area contributed by atoms with Gasteiger partial charge in [0.2, 0.25) is 0 Å². The Morgan fingerprint density at radius 3 is 2.29 bits per heavy atom. The van der Waals surface area contributed by atoms with E-state index in [1.165, 1.54) is 52.8 Å². The summed E-state index contributed by atoms with van der Waals surface area (Å²) in [6.45, 7) is 1.99. The first-order valence-electron chi connectivity index (χ1n) is 8.66. The highest BCUT2D eigenvalue weighted by atomic mass is 32.2. The molecule has 0 aliphatic carbocycles. The predicted octanol–water partition coefficient (Wildman–Crippen LogP) is 4.29. The minimum absolute atomic E-state index is 0.0185. The van der Waals surface area contributed by atoms with Crippen LogP contribution in [0.1, 0.15) is 17.3 Å². The average molecular weight is 398 g/mol. The zero-order chi connectivity index (χ0) is 20.1. The van der Waals surface area contributed by atoms with E-state index in [4.69, 9.17) is 0 Å². The lowest BCUT2D eigenvalue weighted by Crippen LogP contribution is -2.30. The molecule has 0 saturated heterocycles. The van der Waals surface area contributed by atoms with Gasteiger partial charge < -0.3 is 5.32 Å². The quantitative estimate of drug-likeness (QED) is 0.673. The number of rotatable bonds is 6. The standard InChI is InChI=1S/C21H19FN2O3S/c1-2-24(19-8-4-3-5-9-19)28(26,27)20-10-6-7-16(15-20)21(25)23-18-13-11-17(22)12-14-18/h3-15H,2H2,1H3,(H,23,25). The summed E-state index contributed by atoms with van der Waals surface area (Å²) >= 11 is 0. The van der Waals surface area contributed by atoms with Gasteiger partial charge in [-0.05, 0) is 61.5 Å². The van der Waals surface area contributed by atoms with Crippen LogP contribution in [0.3, 0.4) is 0 Å². The molecule has 144 valence electrons. The van der Waals surface area contributed by atoms with Crippen LogP contribution in [0.4, 0.5) is 15.8 Å². The first-order valence-corrected chi connectivity index (χ1v) is 10.1. The number of hydrogen-bond acceptors (Lipinski definition) is 3. The third-order valence-electron chi connectivity index (χ3n) is 4.12. The molecule has 3 aromatic rings. The largest absolute Gasteiger partial charge is 0.322 e. The molecule has 0 radical (unpaired) electrons. The number of halogens is 1. The van der Waals surface area contributed by atoms with Crippen molar-refractivity contribution in [1.82, 2.24) is 0 Å². The minimum Gasteiger partial charge on any atom is -0.322 e. The smallest absolute Gasteiger partial charge is 0.264 e. The molecule has 7 heteroatoms. The van der Waals surface area contributed by atoms with Crippen molar-refractivity contribution in [2.75, 3.05) is 16.2 Å². The van der Waals surface area contributed by atoms with Crippen LogP contribution >= 0.6 is 0 Å². The number of nitrogens with one attached hydrogen (secondary N) is 1. The summed E-state index contributed by atoms with van der Waals surface area (Å²) in [5, 5.41) is 2.62. The van der Waals surface area contributed by atoms with Gasteiger partial charge in [0.25, 0.3) is 15.9 Å². The second kappa shape index (κ2) is 8.22. The van der Waals surface area contributed by atoms with Gasteiger partial charge in [-0.3, -0.25) is 9.10 Å². The molecule has 0 aliphatic rings. The summed E-state index contributed by atoms with van der Waals surface area (Å²) in [6, 6.07) is 19.9. The normalized spacial score (nSPS) is 11.1. The molecule has 0 aromatic heterocycles. The van der Waals surface area contributed by atoms with Gasteiger partial charge in [-0.1, -0.05) is 24.3 Å². The zero-order valence-electron chi connectivity index (χ0n) is 15.2. The van der Waals surface area contributed by atoms with Crippen molar-refractivity contribution in [3.8, 4) is 0 Å². The molecule has 0 atom stereocenters. The van der Waals surface area contributed by atoms with Crippen molar-refractivity contribution in [1.29, 1.82) is 0 Å². The number of sulfonamides is 1. The van der Waals surface area contributed by atoms with Crippen molar-refractivity contribution < 1.29 is 17.6 Å². The summed E-state index contributed by atoms with van der Waals surface area (Å²) in [4.78, 5) is 12.5. The van der Waals surface area contributed by atoms with Crippen LogP contribution in [0, 0.1) is 5.82 Å². The van der Waals surface area contributed by atoms with Crippen LogP contribution < -0.4 is 9.62 Å². The molecule has 0 aliphatic heterocycles. The fourth-order valence-electron chi connectivity index (χ4n) is 2.75. The van der Waals surface area contributed by atoms with Crippen molar-refractivity contribution in [2.45, 2.75) is 11.8 Å². The van der Waals surface area contributed by atoms with Crippen molar-refractivity contribution >= 4 is 27.3 Å². The molecule has 0 unspecified atom stereocenters. The molecular weight excluding hydrogens is 379 g/mol. The van der Waals surface area contributed by atoms with Crippen LogP contribution in [0.15, 0.2) is 83.8 Å². The Morgan fingerprint density at radius 1 is 0.964 bits per heavy atom. The maximum atomic E-state index is 13.1. The van der Waals surface area contributed by atoms with Gasteiger partial charge >= 0.3 is 0 Å². The van der Waals surface area contributed by atoms with E-state index in [0.717, 1.165) is 0 Å². The fourth-order valence-corrected chi connectivity index (χ4v) is 4.27. The summed E-state index contributed by atoms with van der Waals surface area (Å²) in [6.07, 6.45) is 0. The zero-order valence-corrected chi connectivity index (χ0v) is 16.0. The Kier molecular flexibility index (Phi) is 5.75. The number of nitrogens with zero attached hydrogens (tertiary/aromatic N) is 1. The number of anilines is 2. The molecule has 5 nitrogen and oxygen atoms in total. The minimum atomic E-state index is -3.83. The lowest BCUT2D eigenvalue weighted by atomic mass is 10.2. The van der Waals surface area contributed by atoms with Gasteiger partial charge in [0.15, 0.2) is 0 Å². The maximum Gasteiger partial charge on any atom is 0.264 e.